The summed E-state index contributed by atoms with van der Waals surface area (Å²) in [4.78, 5) is 1.30. The molecule has 108 valence electrons. The first-order chi connectivity index (χ1) is 10.1. The molecule has 1 unspecified atom stereocenters. The van der Waals surface area contributed by atoms with Crippen LogP contribution in [0.25, 0.3) is 0 Å². The van der Waals surface area contributed by atoms with E-state index in [-0.39, 0.29) is 16.5 Å². The Morgan fingerprint density at radius 1 is 1.29 bits per heavy atom. The molecule has 1 heterocycles. The van der Waals surface area contributed by atoms with Crippen LogP contribution in [-0.4, -0.2) is 8.42 Å². The van der Waals surface area contributed by atoms with Crippen LogP contribution in [0.1, 0.15) is 34.9 Å². The largest absolute Gasteiger partial charge is 0.242 e. The van der Waals surface area contributed by atoms with Crippen molar-refractivity contribution in [2.45, 2.75) is 30.2 Å². The van der Waals surface area contributed by atoms with E-state index in [1.807, 2.05) is 17.5 Å². The molecule has 0 saturated heterocycles. The molecule has 1 N–H and O–H groups in total. The average Bonchev–Trinajstić information content (AvgIpc) is 2.96. The van der Waals surface area contributed by atoms with Gasteiger partial charge in [0.1, 0.15) is 6.07 Å². The molecule has 21 heavy (non-hydrogen) atoms. The van der Waals surface area contributed by atoms with Gasteiger partial charge in [0.05, 0.1) is 10.5 Å². The Labute approximate surface area is 128 Å². The second kappa shape index (κ2) is 5.60. The molecule has 0 fully saturated rings. The van der Waals surface area contributed by atoms with Crippen molar-refractivity contribution in [3.63, 3.8) is 0 Å². The van der Waals surface area contributed by atoms with E-state index >= 15 is 0 Å². The van der Waals surface area contributed by atoms with Gasteiger partial charge in [-0.1, -0.05) is 12.1 Å². The molecular weight excluding hydrogens is 304 g/mol. The van der Waals surface area contributed by atoms with Crippen LogP contribution in [0.4, 0.5) is 0 Å². The quantitative estimate of drug-likeness (QED) is 0.946. The van der Waals surface area contributed by atoms with E-state index in [0.717, 1.165) is 24.8 Å². The lowest BCUT2D eigenvalue weighted by Crippen LogP contribution is -2.31. The highest BCUT2D eigenvalue weighted by Crippen LogP contribution is 2.34. The molecule has 1 aromatic carbocycles. The second-order valence-corrected chi connectivity index (χ2v) is 7.66. The van der Waals surface area contributed by atoms with E-state index in [1.54, 1.807) is 23.5 Å². The molecule has 0 spiro atoms. The zero-order valence-electron chi connectivity index (χ0n) is 11.2. The molecule has 2 aromatic rings. The van der Waals surface area contributed by atoms with Gasteiger partial charge in [0.2, 0.25) is 10.0 Å². The van der Waals surface area contributed by atoms with Crippen LogP contribution >= 0.6 is 11.3 Å². The number of nitriles is 1. The summed E-state index contributed by atoms with van der Waals surface area (Å²) in [7, 11) is -3.69. The Balaban J connectivity index is 1.94. The first-order valence-electron chi connectivity index (χ1n) is 6.69. The maximum absolute atomic E-state index is 12.6. The van der Waals surface area contributed by atoms with Crippen molar-refractivity contribution in [1.29, 1.82) is 5.26 Å². The number of aryl methyl sites for hydroxylation is 1. The molecule has 4 nitrogen and oxygen atoms in total. The summed E-state index contributed by atoms with van der Waals surface area (Å²) in [6.07, 6.45) is 2.78. The normalized spacial score (nSPS) is 18.0. The van der Waals surface area contributed by atoms with Crippen molar-refractivity contribution >= 4 is 21.4 Å². The summed E-state index contributed by atoms with van der Waals surface area (Å²) in [5, 5.41) is 11.1. The zero-order chi connectivity index (χ0) is 14.9. The smallest absolute Gasteiger partial charge is 0.207 e. The molecule has 1 aromatic heterocycles. The van der Waals surface area contributed by atoms with Crippen molar-refractivity contribution in [2.24, 2.45) is 0 Å². The number of fused-ring (bicyclic) bond motifs is 1. The van der Waals surface area contributed by atoms with E-state index in [1.165, 1.54) is 17.0 Å². The number of sulfonamides is 1. The molecule has 0 radical (unpaired) electrons. The van der Waals surface area contributed by atoms with Crippen molar-refractivity contribution in [2.75, 3.05) is 0 Å². The van der Waals surface area contributed by atoms with Crippen molar-refractivity contribution in [3.05, 3.63) is 51.7 Å². The van der Waals surface area contributed by atoms with Gasteiger partial charge in [-0.3, -0.25) is 0 Å². The minimum Gasteiger partial charge on any atom is -0.207 e. The molecule has 1 aliphatic carbocycles. The van der Waals surface area contributed by atoms with Crippen LogP contribution < -0.4 is 4.72 Å². The number of nitrogens with one attached hydrogen (secondary N) is 1. The lowest BCUT2D eigenvalue weighted by atomic mass is 9.95. The summed E-state index contributed by atoms with van der Waals surface area (Å²) in [6.45, 7) is 0. The minimum atomic E-state index is -3.69. The van der Waals surface area contributed by atoms with Crippen LogP contribution in [0, 0.1) is 11.3 Å². The van der Waals surface area contributed by atoms with E-state index in [0.29, 0.717) is 0 Å². The maximum Gasteiger partial charge on any atom is 0.242 e. The lowest BCUT2D eigenvalue weighted by molar-refractivity contribution is 0.511. The van der Waals surface area contributed by atoms with Crippen molar-refractivity contribution in [1.82, 2.24) is 4.72 Å². The number of nitrogens with zero attached hydrogens (tertiary/aromatic N) is 1. The van der Waals surface area contributed by atoms with E-state index in [2.05, 4.69) is 4.72 Å². The summed E-state index contributed by atoms with van der Waals surface area (Å²) < 4.78 is 27.9. The van der Waals surface area contributed by atoms with Crippen molar-refractivity contribution < 1.29 is 8.42 Å². The van der Waals surface area contributed by atoms with Gasteiger partial charge in [0.25, 0.3) is 0 Å². The second-order valence-electron chi connectivity index (χ2n) is 4.97. The molecule has 0 saturated carbocycles. The van der Waals surface area contributed by atoms with Gasteiger partial charge in [-0.15, -0.1) is 11.3 Å². The Morgan fingerprint density at radius 2 is 2.10 bits per heavy atom. The van der Waals surface area contributed by atoms with Gasteiger partial charge >= 0.3 is 0 Å². The molecule has 6 heteroatoms. The number of benzene rings is 1. The molecule has 0 bridgehead atoms. The monoisotopic (exact) mass is 318 g/mol. The fraction of sp³-hybridized carbons (Fsp3) is 0.267. The average molecular weight is 318 g/mol. The minimum absolute atomic E-state index is 0.0508. The Bertz CT molecular complexity index is 803. The van der Waals surface area contributed by atoms with Crippen LogP contribution in [0.3, 0.4) is 0 Å². The number of hydrogen-bond donors (Lipinski definition) is 1. The third kappa shape index (κ3) is 2.72. The third-order valence-corrected chi connectivity index (χ3v) is 6.17. The van der Waals surface area contributed by atoms with Crippen LogP contribution in [0.15, 0.2) is 40.6 Å². The predicted molar refractivity (Wildman–Crippen MR) is 81.5 cm³/mol. The highest BCUT2D eigenvalue weighted by Gasteiger charge is 2.27. The molecule has 1 atom stereocenters. The van der Waals surface area contributed by atoms with E-state index in [4.69, 9.17) is 5.26 Å². The van der Waals surface area contributed by atoms with Gasteiger partial charge in [-0.2, -0.15) is 5.26 Å². The van der Waals surface area contributed by atoms with E-state index in [9.17, 15) is 8.42 Å². The first kappa shape index (κ1) is 14.3. The maximum atomic E-state index is 12.6. The van der Waals surface area contributed by atoms with Gasteiger partial charge in [-0.25, -0.2) is 13.1 Å². The summed E-state index contributed by atoms with van der Waals surface area (Å²) in [6, 6.07) is 10.0. The SMILES string of the molecule is N#Cc1ccccc1S(=O)(=O)NC1CCCc2sccc21. The lowest BCUT2D eigenvalue weighted by Gasteiger charge is -2.23. The van der Waals surface area contributed by atoms with Crippen LogP contribution in [0.2, 0.25) is 0 Å². The Hall–Kier alpha value is -1.68. The highest BCUT2D eigenvalue weighted by molar-refractivity contribution is 7.89. The van der Waals surface area contributed by atoms with Gasteiger partial charge < -0.3 is 0 Å². The Morgan fingerprint density at radius 3 is 2.90 bits per heavy atom. The van der Waals surface area contributed by atoms with Crippen LogP contribution in [0.5, 0.6) is 0 Å². The fourth-order valence-corrected chi connectivity index (χ4v) is 5.05. The Kier molecular flexibility index (Phi) is 3.81. The fourth-order valence-electron chi connectivity index (χ4n) is 2.65. The molecule has 0 amide bonds. The van der Waals surface area contributed by atoms with Crippen molar-refractivity contribution in [3.8, 4) is 6.07 Å². The molecule has 0 aliphatic heterocycles. The number of thiophene rings is 1. The summed E-state index contributed by atoms with van der Waals surface area (Å²) >= 11 is 1.67. The standard InChI is InChI=1S/C15H14N2O2S2/c16-10-11-4-1-2-7-15(11)21(18,19)17-13-5-3-6-14-12(13)8-9-20-14/h1-2,4,7-9,13,17H,3,5-6H2. The van der Waals surface area contributed by atoms with Crippen LogP contribution in [-0.2, 0) is 16.4 Å². The molecule has 3 rings (SSSR count). The summed E-state index contributed by atoms with van der Waals surface area (Å²) in [5.74, 6) is 0. The number of rotatable bonds is 3. The van der Waals surface area contributed by atoms with Gasteiger partial charge in [0.15, 0.2) is 0 Å². The topological polar surface area (TPSA) is 70.0 Å². The number of hydrogen-bond acceptors (Lipinski definition) is 4. The highest BCUT2D eigenvalue weighted by atomic mass is 32.2. The van der Waals surface area contributed by atoms with E-state index < -0.39 is 10.0 Å². The molecule has 1 aliphatic rings. The zero-order valence-corrected chi connectivity index (χ0v) is 12.9. The van der Waals surface area contributed by atoms with Gasteiger partial charge in [-0.05, 0) is 48.4 Å². The third-order valence-electron chi connectivity index (χ3n) is 3.65. The summed E-state index contributed by atoms with van der Waals surface area (Å²) in [5.41, 5.74) is 1.25. The molecular formula is C15H14N2O2S2. The predicted octanol–water partition coefficient (Wildman–Crippen LogP) is 2.98. The van der Waals surface area contributed by atoms with Gasteiger partial charge in [0, 0.05) is 10.9 Å². The first-order valence-corrected chi connectivity index (χ1v) is 9.06.